The Hall–Kier alpha value is -3.06. The minimum atomic E-state index is 0.0364. The van der Waals surface area contributed by atoms with Gasteiger partial charge in [-0.05, 0) is 30.7 Å². The summed E-state index contributed by atoms with van der Waals surface area (Å²) in [5, 5.41) is 5.94. The van der Waals surface area contributed by atoms with Crippen molar-refractivity contribution in [3.63, 3.8) is 0 Å². The molecule has 27 heavy (non-hydrogen) atoms. The monoisotopic (exact) mass is 377 g/mol. The summed E-state index contributed by atoms with van der Waals surface area (Å²) in [6.45, 7) is 0.576. The van der Waals surface area contributed by atoms with Crippen molar-refractivity contribution in [1.82, 2.24) is 24.7 Å². The fraction of sp³-hybridized carbons (Fsp3) is 0.200. The summed E-state index contributed by atoms with van der Waals surface area (Å²) in [4.78, 5) is 25.2. The maximum atomic E-state index is 12.1. The van der Waals surface area contributed by atoms with Crippen LogP contribution in [-0.4, -0.2) is 31.8 Å². The molecule has 0 atom stereocenters. The first-order valence-corrected chi connectivity index (χ1v) is 9.70. The van der Waals surface area contributed by atoms with Crippen LogP contribution in [0.1, 0.15) is 17.9 Å². The molecule has 0 aliphatic carbocycles. The van der Waals surface area contributed by atoms with Crippen LogP contribution >= 0.6 is 11.3 Å². The van der Waals surface area contributed by atoms with Gasteiger partial charge in [0.2, 0.25) is 5.91 Å². The zero-order valence-corrected chi connectivity index (χ0v) is 15.5. The van der Waals surface area contributed by atoms with Crippen molar-refractivity contribution in [3.8, 4) is 10.6 Å². The highest BCUT2D eigenvalue weighted by Crippen LogP contribution is 2.23. The number of rotatable bonds is 7. The van der Waals surface area contributed by atoms with E-state index in [2.05, 4.69) is 20.3 Å². The molecule has 0 aliphatic rings. The number of aromatic nitrogens is 4. The van der Waals surface area contributed by atoms with Gasteiger partial charge in [0, 0.05) is 48.9 Å². The largest absolute Gasteiger partial charge is 0.356 e. The summed E-state index contributed by atoms with van der Waals surface area (Å²) in [5.74, 6) is 0.988. The second-order valence-electron chi connectivity index (χ2n) is 6.15. The summed E-state index contributed by atoms with van der Waals surface area (Å²) in [6.07, 6.45) is 9.12. The number of nitrogens with one attached hydrogen (secondary N) is 1. The number of fused-ring (bicyclic) bond motifs is 1. The normalized spacial score (nSPS) is 11.0. The Bertz CT molecular complexity index is 1040. The van der Waals surface area contributed by atoms with Gasteiger partial charge in [0.05, 0.1) is 17.4 Å². The maximum Gasteiger partial charge on any atom is 0.220 e. The van der Waals surface area contributed by atoms with E-state index in [-0.39, 0.29) is 5.91 Å². The highest BCUT2D eigenvalue weighted by molar-refractivity contribution is 7.13. The molecule has 0 bridgehead atoms. The molecule has 4 aromatic rings. The number of nitrogens with zero attached hydrogens (tertiary/aromatic N) is 4. The van der Waals surface area contributed by atoms with Gasteiger partial charge in [-0.3, -0.25) is 9.78 Å². The number of hydrogen-bond acceptors (Lipinski definition) is 5. The predicted molar refractivity (Wildman–Crippen MR) is 106 cm³/mol. The van der Waals surface area contributed by atoms with Crippen molar-refractivity contribution < 1.29 is 4.79 Å². The van der Waals surface area contributed by atoms with Gasteiger partial charge in [-0.1, -0.05) is 6.07 Å². The molecule has 4 rings (SSSR count). The highest BCUT2D eigenvalue weighted by Gasteiger charge is 2.08. The molecule has 6 nitrogen and oxygen atoms in total. The summed E-state index contributed by atoms with van der Waals surface area (Å²) in [7, 11) is 0. The second-order valence-corrected chi connectivity index (χ2v) is 7.01. The molecule has 136 valence electrons. The predicted octanol–water partition coefficient (Wildman–Crippen LogP) is 3.14. The molecule has 1 amide bonds. The van der Waals surface area contributed by atoms with E-state index in [0.29, 0.717) is 25.8 Å². The number of imidazole rings is 1. The maximum absolute atomic E-state index is 12.1. The molecule has 0 aromatic carbocycles. The average Bonchev–Trinajstić information content (AvgIpc) is 3.35. The van der Waals surface area contributed by atoms with Crippen molar-refractivity contribution in [2.75, 3.05) is 6.54 Å². The standard InChI is InChI=1S/C20H19N5OS/c26-19(22-11-8-18-23-13-17-3-1-2-12-25(17)18)5-4-16-14-27-20(24-16)15-6-9-21-10-7-15/h1-3,6-7,9-10,12-14H,4-5,8,11H2,(H,22,26). The molecule has 4 heterocycles. The topological polar surface area (TPSA) is 72.2 Å². The molecule has 0 spiro atoms. The molecule has 7 heteroatoms. The first-order chi connectivity index (χ1) is 13.3. The van der Waals surface area contributed by atoms with Crippen LogP contribution in [0.4, 0.5) is 0 Å². The van der Waals surface area contributed by atoms with Crippen LogP contribution in [-0.2, 0) is 17.6 Å². The fourth-order valence-corrected chi connectivity index (χ4v) is 3.74. The van der Waals surface area contributed by atoms with Gasteiger partial charge in [-0.2, -0.15) is 0 Å². The lowest BCUT2D eigenvalue weighted by atomic mass is 10.2. The third-order valence-electron chi connectivity index (χ3n) is 4.27. The summed E-state index contributed by atoms with van der Waals surface area (Å²) in [6, 6.07) is 9.86. The van der Waals surface area contributed by atoms with Crippen molar-refractivity contribution in [1.29, 1.82) is 0 Å². The zero-order chi connectivity index (χ0) is 18.5. The molecule has 0 aliphatic heterocycles. The number of pyridine rings is 2. The van der Waals surface area contributed by atoms with Crippen molar-refractivity contribution in [2.45, 2.75) is 19.3 Å². The third kappa shape index (κ3) is 4.20. The molecule has 0 fully saturated rings. The Kier molecular flexibility index (Phi) is 5.20. The number of hydrogen-bond donors (Lipinski definition) is 1. The molecule has 1 N–H and O–H groups in total. The first-order valence-electron chi connectivity index (χ1n) is 8.82. The van der Waals surface area contributed by atoms with Crippen molar-refractivity contribution in [3.05, 3.63) is 72.0 Å². The van der Waals surface area contributed by atoms with E-state index in [1.807, 2.05) is 52.5 Å². The molecule has 0 unspecified atom stereocenters. The Balaban J connectivity index is 1.25. The van der Waals surface area contributed by atoms with Crippen molar-refractivity contribution in [2.24, 2.45) is 0 Å². The summed E-state index contributed by atoms with van der Waals surface area (Å²) >= 11 is 1.59. The van der Waals surface area contributed by atoms with E-state index >= 15 is 0 Å². The van der Waals surface area contributed by atoms with Crippen LogP contribution in [0.25, 0.3) is 16.1 Å². The van der Waals surface area contributed by atoms with Gasteiger partial charge in [0.1, 0.15) is 10.8 Å². The first kappa shape index (κ1) is 17.4. The minimum absolute atomic E-state index is 0.0364. The van der Waals surface area contributed by atoms with E-state index in [0.717, 1.165) is 27.6 Å². The Morgan fingerprint density at radius 1 is 1.15 bits per heavy atom. The second kappa shape index (κ2) is 8.09. The van der Waals surface area contributed by atoms with Gasteiger partial charge in [-0.15, -0.1) is 11.3 Å². The van der Waals surface area contributed by atoms with Gasteiger partial charge >= 0.3 is 0 Å². The SMILES string of the molecule is O=C(CCc1csc(-c2ccncc2)n1)NCCc1ncc2ccccn12. The average molecular weight is 377 g/mol. The van der Waals surface area contributed by atoms with Gasteiger partial charge in [-0.25, -0.2) is 9.97 Å². The van der Waals surface area contributed by atoms with Crippen molar-refractivity contribution >= 4 is 22.8 Å². The Labute approximate surface area is 160 Å². The lowest BCUT2D eigenvalue weighted by Gasteiger charge is -2.04. The quantitative estimate of drug-likeness (QED) is 0.537. The fourth-order valence-electron chi connectivity index (χ4n) is 2.88. The summed E-state index contributed by atoms with van der Waals surface area (Å²) in [5.41, 5.74) is 3.06. The van der Waals surface area contributed by atoms with Crippen LogP contribution in [0.3, 0.4) is 0 Å². The summed E-state index contributed by atoms with van der Waals surface area (Å²) < 4.78 is 2.04. The number of carbonyl (C=O) groups excluding carboxylic acids is 1. The van der Waals surface area contributed by atoms with Gasteiger partial charge < -0.3 is 9.72 Å². The highest BCUT2D eigenvalue weighted by atomic mass is 32.1. The molecular weight excluding hydrogens is 358 g/mol. The number of amides is 1. The zero-order valence-electron chi connectivity index (χ0n) is 14.7. The lowest BCUT2D eigenvalue weighted by Crippen LogP contribution is -2.26. The molecule has 0 radical (unpaired) electrons. The molecule has 0 saturated heterocycles. The Morgan fingerprint density at radius 2 is 2.04 bits per heavy atom. The van der Waals surface area contributed by atoms with Gasteiger partial charge in [0.15, 0.2) is 0 Å². The number of thiazole rings is 1. The van der Waals surface area contributed by atoms with Gasteiger partial charge in [0.25, 0.3) is 0 Å². The Morgan fingerprint density at radius 3 is 2.93 bits per heavy atom. The van der Waals surface area contributed by atoms with E-state index in [4.69, 9.17) is 0 Å². The van der Waals surface area contributed by atoms with Crippen LogP contribution < -0.4 is 5.32 Å². The molecule has 4 aromatic heterocycles. The molecular formula is C20H19N5OS. The van der Waals surface area contributed by atoms with E-state index in [1.165, 1.54) is 0 Å². The van der Waals surface area contributed by atoms with E-state index in [1.54, 1.807) is 23.7 Å². The minimum Gasteiger partial charge on any atom is -0.356 e. The van der Waals surface area contributed by atoms with E-state index in [9.17, 15) is 4.79 Å². The van der Waals surface area contributed by atoms with Crippen LogP contribution in [0.15, 0.2) is 60.5 Å². The van der Waals surface area contributed by atoms with E-state index < -0.39 is 0 Å². The third-order valence-corrected chi connectivity index (χ3v) is 5.21. The number of carbonyl (C=O) groups is 1. The van der Waals surface area contributed by atoms with Crippen LogP contribution in [0.5, 0.6) is 0 Å². The van der Waals surface area contributed by atoms with Crippen LogP contribution in [0, 0.1) is 0 Å². The number of aryl methyl sites for hydroxylation is 1. The van der Waals surface area contributed by atoms with Crippen LogP contribution in [0.2, 0.25) is 0 Å². The molecule has 0 saturated carbocycles. The lowest BCUT2D eigenvalue weighted by molar-refractivity contribution is -0.121. The smallest absolute Gasteiger partial charge is 0.220 e.